The Morgan fingerprint density at radius 1 is 0.397 bits per heavy atom. The van der Waals surface area contributed by atoms with Crippen LogP contribution in [0.5, 0.6) is 11.5 Å². The summed E-state index contributed by atoms with van der Waals surface area (Å²) in [6.45, 7) is 14.5. The van der Waals surface area contributed by atoms with Gasteiger partial charge in [0.05, 0.1) is 45.1 Å². The summed E-state index contributed by atoms with van der Waals surface area (Å²) in [7, 11) is -3.62. The Balaban J connectivity index is 1.27. The lowest BCUT2D eigenvalue weighted by atomic mass is 9.88. The highest BCUT2D eigenvalue weighted by atomic mass is 28.3. The van der Waals surface area contributed by atoms with Crippen LogP contribution in [0.15, 0.2) is 170 Å². The summed E-state index contributed by atoms with van der Waals surface area (Å²) in [5, 5.41) is 29.1. The first-order chi connectivity index (χ1) is 30.4. The summed E-state index contributed by atoms with van der Waals surface area (Å²) in [6.07, 6.45) is 0. The molecule has 0 saturated carbocycles. The SMILES string of the molecule is C[Si](C)(C)c1ccc2c(N(c3ccccc3)c3ccc(C#N)cc3)cc3c4cc([Si](C)(C)C)cc5c4c(cc3c2c1)-c1ccc(N(c2ccccc2)c2ccc(C#N)cc2)cc1O5. The van der Waals surface area contributed by atoms with Crippen molar-refractivity contribution in [3.63, 3.8) is 0 Å². The first kappa shape index (κ1) is 39.7. The lowest BCUT2D eigenvalue weighted by molar-refractivity contribution is 0.487. The minimum Gasteiger partial charge on any atom is -0.456 e. The van der Waals surface area contributed by atoms with Crippen LogP contribution in [0.1, 0.15) is 11.1 Å². The summed E-state index contributed by atoms with van der Waals surface area (Å²) in [4.78, 5) is 4.56. The third-order valence-electron chi connectivity index (χ3n) is 12.4. The predicted molar refractivity (Wildman–Crippen MR) is 269 cm³/mol. The van der Waals surface area contributed by atoms with E-state index in [1.165, 1.54) is 31.9 Å². The molecule has 0 N–H and O–H groups in total. The van der Waals surface area contributed by atoms with Gasteiger partial charge in [0.15, 0.2) is 0 Å². The zero-order valence-corrected chi connectivity index (χ0v) is 38.4. The number of para-hydroxylation sites is 2. The third-order valence-corrected chi connectivity index (χ3v) is 16.4. The van der Waals surface area contributed by atoms with Crippen LogP contribution in [0.4, 0.5) is 34.1 Å². The number of benzene rings is 9. The molecule has 304 valence electrons. The highest BCUT2D eigenvalue weighted by Crippen LogP contribution is 2.52. The number of anilines is 6. The fraction of sp³-hybridized carbons (Fsp3) is 0.107. The normalized spacial score (nSPS) is 12.1. The van der Waals surface area contributed by atoms with E-state index in [-0.39, 0.29) is 0 Å². The van der Waals surface area contributed by atoms with Crippen molar-refractivity contribution >= 4 is 93.0 Å². The molecule has 0 fully saturated rings. The second-order valence-corrected chi connectivity index (χ2v) is 28.7. The second-order valence-electron chi connectivity index (χ2n) is 18.5. The van der Waals surface area contributed by atoms with Crippen LogP contribution >= 0.6 is 0 Å². The van der Waals surface area contributed by atoms with Crippen molar-refractivity contribution in [2.75, 3.05) is 9.80 Å². The Morgan fingerprint density at radius 3 is 1.49 bits per heavy atom. The molecular weight excluding hydrogens is 801 g/mol. The molecule has 5 nitrogen and oxygen atoms in total. The van der Waals surface area contributed by atoms with E-state index in [0.29, 0.717) is 11.1 Å². The standard InChI is InChI=1S/C56H46N4OSi2/c1-62(2,3)44-26-28-46-48(30-44)49-33-52-47-27-25-43(59(39-13-9-7-10-14-39)41-21-17-37(35-57)18-22-41)29-54(47)61-55-32-45(63(4,5)6)31-51(56(52)55)50(49)34-53(46)60(40-15-11-8-12-16-40)42-23-19-38(36-58)20-24-42/h7-34H,1-6H3. The molecule has 10 rings (SSSR count). The Bertz CT molecular complexity index is 3340. The molecule has 1 aliphatic rings. The number of fused-ring (bicyclic) bond motifs is 6. The monoisotopic (exact) mass is 846 g/mol. The van der Waals surface area contributed by atoms with Crippen LogP contribution in [0, 0.1) is 22.7 Å². The number of hydrogen-bond acceptors (Lipinski definition) is 5. The molecule has 1 aliphatic heterocycles. The van der Waals surface area contributed by atoms with Crippen LogP contribution in [0.3, 0.4) is 0 Å². The average Bonchev–Trinajstić information content (AvgIpc) is 3.29. The molecule has 0 radical (unpaired) electrons. The first-order valence-corrected chi connectivity index (χ1v) is 28.4. The highest BCUT2D eigenvalue weighted by molar-refractivity contribution is 6.89. The fourth-order valence-corrected chi connectivity index (χ4v) is 11.3. The molecule has 9 aromatic rings. The van der Waals surface area contributed by atoms with Gasteiger partial charge in [0, 0.05) is 50.8 Å². The molecule has 63 heavy (non-hydrogen) atoms. The zero-order valence-electron chi connectivity index (χ0n) is 36.4. The summed E-state index contributed by atoms with van der Waals surface area (Å²) in [6, 6.07) is 64.4. The topological polar surface area (TPSA) is 63.3 Å². The molecular formula is C56H46N4OSi2. The Hall–Kier alpha value is -7.43. The van der Waals surface area contributed by atoms with E-state index in [9.17, 15) is 10.5 Å². The van der Waals surface area contributed by atoms with Gasteiger partial charge in [-0.15, -0.1) is 0 Å². The van der Waals surface area contributed by atoms with Crippen LogP contribution < -0.4 is 24.9 Å². The highest BCUT2D eigenvalue weighted by Gasteiger charge is 2.29. The number of rotatable bonds is 8. The van der Waals surface area contributed by atoms with Gasteiger partial charge in [-0.3, -0.25) is 0 Å². The molecule has 0 bridgehead atoms. The van der Waals surface area contributed by atoms with Crippen LogP contribution in [0.25, 0.3) is 43.4 Å². The summed E-state index contributed by atoms with van der Waals surface area (Å²) < 4.78 is 7.14. The maximum Gasteiger partial charge on any atom is 0.137 e. The largest absolute Gasteiger partial charge is 0.456 e. The minimum atomic E-state index is -1.87. The van der Waals surface area contributed by atoms with E-state index in [2.05, 4.69) is 176 Å². The quantitative estimate of drug-likeness (QED) is 0.113. The summed E-state index contributed by atoms with van der Waals surface area (Å²) in [5.74, 6) is 1.68. The molecule has 0 aromatic heterocycles. The maximum atomic E-state index is 9.73. The van der Waals surface area contributed by atoms with Crippen molar-refractivity contribution in [3.8, 4) is 34.8 Å². The molecule has 0 saturated heterocycles. The van der Waals surface area contributed by atoms with Gasteiger partial charge in [-0.25, -0.2) is 0 Å². The number of nitriles is 2. The van der Waals surface area contributed by atoms with Gasteiger partial charge in [0.1, 0.15) is 11.5 Å². The number of ether oxygens (including phenoxy) is 1. The van der Waals surface area contributed by atoms with Gasteiger partial charge in [-0.2, -0.15) is 10.5 Å². The third kappa shape index (κ3) is 7.02. The molecule has 0 aliphatic carbocycles. The van der Waals surface area contributed by atoms with E-state index < -0.39 is 16.1 Å². The minimum absolute atomic E-state index is 0.620. The average molecular weight is 847 g/mol. The molecule has 0 atom stereocenters. The van der Waals surface area contributed by atoms with Crippen molar-refractivity contribution in [2.45, 2.75) is 39.3 Å². The fourth-order valence-electron chi connectivity index (χ4n) is 8.98. The van der Waals surface area contributed by atoms with Crippen molar-refractivity contribution < 1.29 is 4.74 Å². The van der Waals surface area contributed by atoms with Crippen molar-refractivity contribution in [3.05, 3.63) is 181 Å². The van der Waals surface area contributed by atoms with E-state index in [1.54, 1.807) is 0 Å². The first-order valence-electron chi connectivity index (χ1n) is 21.4. The maximum absolute atomic E-state index is 9.73. The van der Waals surface area contributed by atoms with Crippen molar-refractivity contribution in [1.29, 1.82) is 10.5 Å². The Kier molecular flexibility index (Phi) is 9.57. The van der Waals surface area contributed by atoms with E-state index in [1.807, 2.05) is 54.6 Å². The number of hydrogen-bond donors (Lipinski definition) is 0. The van der Waals surface area contributed by atoms with Crippen molar-refractivity contribution in [2.24, 2.45) is 0 Å². The molecule has 0 spiro atoms. The summed E-state index contributed by atoms with van der Waals surface area (Å²) >= 11 is 0. The van der Waals surface area contributed by atoms with Gasteiger partial charge in [0.2, 0.25) is 0 Å². The van der Waals surface area contributed by atoms with E-state index in [4.69, 9.17) is 4.74 Å². The van der Waals surface area contributed by atoms with Gasteiger partial charge in [0.25, 0.3) is 0 Å². The van der Waals surface area contributed by atoms with Gasteiger partial charge < -0.3 is 14.5 Å². The molecule has 0 amide bonds. The van der Waals surface area contributed by atoms with Crippen molar-refractivity contribution in [1.82, 2.24) is 0 Å². The van der Waals surface area contributed by atoms with Gasteiger partial charge in [-0.1, -0.05) is 110 Å². The van der Waals surface area contributed by atoms with Gasteiger partial charge in [-0.05, 0) is 130 Å². The smallest absolute Gasteiger partial charge is 0.137 e. The molecule has 1 heterocycles. The van der Waals surface area contributed by atoms with E-state index >= 15 is 0 Å². The Morgan fingerprint density at radius 2 is 0.905 bits per heavy atom. The van der Waals surface area contributed by atoms with Crippen LogP contribution in [-0.2, 0) is 0 Å². The lowest BCUT2D eigenvalue weighted by Gasteiger charge is -2.30. The van der Waals surface area contributed by atoms with Gasteiger partial charge >= 0.3 is 0 Å². The van der Waals surface area contributed by atoms with Crippen LogP contribution in [-0.4, -0.2) is 16.1 Å². The van der Waals surface area contributed by atoms with E-state index in [0.717, 1.165) is 67.5 Å². The Labute approximate surface area is 371 Å². The second kappa shape index (κ2) is 15.2. The molecule has 9 aromatic carbocycles. The predicted octanol–water partition coefficient (Wildman–Crippen LogP) is 14.7. The zero-order chi connectivity index (χ0) is 43.6. The molecule has 7 heteroatoms. The lowest BCUT2D eigenvalue weighted by Crippen LogP contribution is -2.37. The summed E-state index contributed by atoms with van der Waals surface area (Å²) in [5.41, 5.74) is 9.50. The molecule has 0 unspecified atom stereocenters. The number of nitrogens with zero attached hydrogens (tertiary/aromatic N) is 4. The van der Waals surface area contributed by atoms with Crippen LogP contribution in [0.2, 0.25) is 39.3 Å².